The van der Waals surface area contributed by atoms with Crippen LogP contribution in [0.4, 0.5) is 5.69 Å². The van der Waals surface area contributed by atoms with Gasteiger partial charge in [0.15, 0.2) is 11.5 Å². The average Bonchev–Trinajstić information content (AvgIpc) is 2.61. The third-order valence-electron chi connectivity index (χ3n) is 3.21. The molecule has 6 heteroatoms. The second-order valence-corrected chi connectivity index (χ2v) is 5.17. The SMILES string of the molecule is C=CCOc1ccc(C(=O)Nc2ccc(OC)cc2Cl)cc1OC. The van der Waals surface area contributed by atoms with Crippen LogP contribution >= 0.6 is 11.6 Å². The van der Waals surface area contributed by atoms with Crippen molar-refractivity contribution in [2.45, 2.75) is 0 Å². The van der Waals surface area contributed by atoms with Crippen molar-refractivity contribution in [3.8, 4) is 17.2 Å². The number of nitrogens with one attached hydrogen (secondary N) is 1. The first-order chi connectivity index (χ1) is 11.6. The highest BCUT2D eigenvalue weighted by Crippen LogP contribution is 2.30. The predicted molar refractivity (Wildman–Crippen MR) is 94.6 cm³/mol. The van der Waals surface area contributed by atoms with E-state index in [1.165, 1.54) is 7.11 Å². The lowest BCUT2D eigenvalue weighted by molar-refractivity contribution is 0.102. The summed E-state index contributed by atoms with van der Waals surface area (Å²) in [6.07, 6.45) is 1.63. The van der Waals surface area contributed by atoms with E-state index in [4.69, 9.17) is 25.8 Å². The smallest absolute Gasteiger partial charge is 0.255 e. The van der Waals surface area contributed by atoms with Crippen molar-refractivity contribution in [2.24, 2.45) is 0 Å². The Morgan fingerprint density at radius 2 is 1.96 bits per heavy atom. The summed E-state index contributed by atoms with van der Waals surface area (Å²) in [7, 11) is 3.06. The van der Waals surface area contributed by atoms with Gasteiger partial charge in [0.2, 0.25) is 0 Å². The highest BCUT2D eigenvalue weighted by molar-refractivity contribution is 6.34. The molecule has 126 valence electrons. The van der Waals surface area contributed by atoms with Crippen molar-refractivity contribution in [3.05, 3.63) is 59.6 Å². The first-order valence-corrected chi connectivity index (χ1v) is 7.53. The lowest BCUT2D eigenvalue weighted by Crippen LogP contribution is -2.12. The van der Waals surface area contributed by atoms with Gasteiger partial charge in [-0.25, -0.2) is 0 Å². The third kappa shape index (κ3) is 4.20. The van der Waals surface area contributed by atoms with Gasteiger partial charge in [-0.05, 0) is 30.3 Å². The molecule has 24 heavy (non-hydrogen) atoms. The fraction of sp³-hybridized carbons (Fsp3) is 0.167. The van der Waals surface area contributed by atoms with E-state index in [1.54, 1.807) is 49.6 Å². The monoisotopic (exact) mass is 347 g/mol. The van der Waals surface area contributed by atoms with E-state index in [1.807, 2.05) is 0 Å². The summed E-state index contributed by atoms with van der Waals surface area (Å²) in [5, 5.41) is 3.14. The Bertz CT molecular complexity index is 746. The van der Waals surface area contributed by atoms with Gasteiger partial charge in [-0.3, -0.25) is 4.79 Å². The summed E-state index contributed by atoms with van der Waals surface area (Å²) in [6.45, 7) is 3.94. The summed E-state index contributed by atoms with van der Waals surface area (Å²) >= 11 is 6.13. The maximum Gasteiger partial charge on any atom is 0.255 e. The number of carbonyl (C=O) groups is 1. The molecule has 0 aliphatic rings. The molecule has 1 amide bonds. The first kappa shape index (κ1) is 17.7. The van der Waals surface area contributed by atoms with Gasteiger partial charge < -0.3 is 19.5 Å². The number of hydrogen-bond acceptors (Lipinski definition) is 4. The molecule has 2 aromatic carbocycles. The Morgan fingerprint density at radius 1 is 1.17 bits per heavy atom. The zero-order valence-electron chi connectivity index (χ0n) is 13.5. The molecule has 2 rings (SSSR count). The molecule has 0 unspecified atom stereocenters. The lowest BCUT2D eigenvalue weighted by Gasteiger charge is -2.12. The van der Waals surface area contributed by atoms with Gasteiger partial charge in [0.25, 0.3) is 5.91 Å². The Kier molecular flexibility index (Phi) is 6.09. The molecule has 0 atom stereocenters. The summed E-state index contributed by atoms with van der Waals surface area (Å²) in [5.41, 5.74) is 0.915. The minimum absolute atomic E-state index is 0.310. The van der Waals surface area contributed by atoms with Crippen molar-refractivity contribution >= 4 is 23.2 Å². The van der Waals surface area contributed by atoms with E-state index in [0.29, 0.717) is 40.1 Å². The molecule has 0 bridgehead atoms. The van der Waals surface area contributed by atoms with Crippen LogP contribution in [0, 0.1) is 0 Å². The number of anilines is 1. The number of benzene rings is 2. The largest absolute Gasteiger partial charge is 0.497 e. The van der Waals surface area contributed by atoms with E-state index < -0.39 is 0 Å². The van der Waals surface area contributed by atoms with Crippen LogP contribution in [-0.4, -0.2) is 26.7 Å². The maximum atomic E-state index is 12.4. The molecule has 1 N–H and O–H groups in total. The van der Waals surface area contributed by atoms with Crippen LogP contribution in [0.15, 0.2) is 49.1 Å². The molecular formula is C18H18ClNO4. The number of rotatable bonds is 7. The number of amides is 1. The molecule has 0 spiro atoms. The Labute approximate surface area is 145 Å². The third-order valence-corrected chi connectivity index (χ3v) is 3.52. The van der Waals surface area contributed by atoms with Gasteiger partial charge >= 0.3 is 0 Å². The molecule has 2 aromatic rings. The van der Waals surface area contributed by atoms with Crippen molar-refractivity contribution in [3.63, 3.8) is 0 Å². The Hall–Kier alpha value is -2.66. The van der Waals surface area contributed by atoms with Crippen molar-refractivity contribution in [1.82, 2.24) is 0 Å². The van der Waals surface area contributed by atoms with Crippen LogP contribution in [0.5, 0.6) is 17.2 Å². The van der Waals surface area contributed by atoms with E-state index in [9.17, 15) is 4.79 Å². The van der Waals surface area contributed by atoms with Crippen molar-refractivity contribution in [2.75, 3.05) is 26.1 Å². The number of carbonyl (C=O) groups excluding carboxylic acids is 1. The molecule has 0 fully saturated rings. The summed E-state index contributed by atoms with van der Waals surface area (Å²) in [6, 6.07) is 9.95. The average molecular weight is 348 g/mol. The molecule has 0 heterocycles. The van der Waals surface area contributed by atoms with Crippen LogP contribution < -0.4 is 19.5 Å². The number of halogens is 1. The highest BCUT2D eigenvalue weighted by Gasteiger charge is 2.13. The van der Waals surface area contributed by atoms with Crippen LogP contribution in [0.25, 0.3) is 0 Å². The zero-order valence-corrected chi connectivity index (χ0v) is 14.2. The van der Waals surface area contributed by atoms with Gasteiger partial charge in [0.1, 0.15) is 12.4 Å². The minimum atomic E-state index is -0.310. The van der Waals surface area contributed by atoms with Crippen LogP contribution in [0.3, 0.4) is 0 Å². The first-order valence-electron chi connectivity index (χ1n) is 7.15. The minimum Gasteiger partial charge on any atom is -0.497 e. The lowest BCUT2D eigenvalue weighted by atomic mass is 10.1. The van der Waals surface area contributed by atoms with Crippen LogP contribution in [-0.2, 0) is 0 Å². The predicted octanol–water partition coefficient (Wildman–Crippen LogP) is 4.17. The molecule has 0 saturated heterocycles. The maximum absolute atomic E-state index is 12.4. The van der Waals surface area contributed by atoms with E-state index in [2.05, 4.69) is 11.9 Å². The van der Waals surface area contributed by atoms with E-state index in [-0.39, 0.29) is 5.91 Å². The highest BCUT2D eigenvalue weighted by atomic mass is 35.5. The Morgan fingerprint density at radius 3 is 2.58 bits per heavy atom. The second kappa shape index (κ2) is 8.26. The van der Waals surface area contributed by atoms with Crippen molar-refractivity contribution in [1.29, 1.82) is 0 Å². The zero-order chi connectivity index (χ0) is 17.5. The van der Waals surface area contributed by atoms with Crippen molar-refractivity contribution < 1.29 is 19.0 Å². The van der Waals surface area contributed by atoms with Gasteiger partial charge in [0, 0.05) is 11.6 Å². The number of methoxy groups -OCH3 is 2. The van der Waals surface area contributed by atoms with Gasteiger partial charge in [-0.15, -0.1) is 0 Å². The number of hydrogen-bond donors (Lipinski definition) is 1. The molecular weight excluding hydrogens is 330 g/mol. The fourth-order valence-electron chi connectivity index (χ4n) is 2.00. The summed E-state index contributed by atoms with van der Waals surface area (Å²) in [4.78, 5) is 12.4. The van der Waals surface area contributed by atoms with Gasteiger partial charge in [-0.2, -0.15) is 0 Å². The molecule has 0 aliphatic heterocycles. The normalized spacial score (nSPS) is 9.96. The second-order valence-electron chi connectivity index (χ2n) is 4.77. The van der Waals surface area contributed by atoms with E-state index >= 15 is 0 Å². The molecule has 0 aromatic heterocycles. The Balaban J connectivity index is 2.19. The summed E-state index contributed by atoms with van der Waals surface area (Å²) in [5.74, 6) is 1.31. The van der Waals surface area contributed by atoms with E-state index in [0.717, 1.165) is 0 Å². The number of ether oxygens (including phenoxy) is 3. The fourth-order valence-corrected chi connectivity index (χ4v) is 2.21. The standard InChI is InChI=1S/C18H18ClNO4/c1-4-9-24-16-8-5-12(10-17(16)23-3)18(21)20-15-7-6-13(22-2)11-14(15)19/h4-8,10-11H,1,9H2,2-3H3,(H,20,21). The molecule has 0 saturated carbocycles. The van der Waals surface area contributed by atoms with Gasteiger partial charge in [-0.1, -0.05) is 24.3 Å². The van der Waals surface area contributed by atoms with Crippen LogP contribution in [0.1, 0.15) is 10.4 Å². The molecule has 5 nitrogen and oxygen atoms in total. The summed E-state index contributed by atoms with van der Waals surface area (Å²) < 4.78 is 15.8. The quantitative estimate of drug-likeness (QED) is 0.763. The topological polar surface area (TPSA) is 56.8 Å². The van der Waals surface area contributed by atoms with Gasteiger partial charge in [0.05, 0.1) is 24.9 Å². The molecule has 0 radical (unpaired) electrons. The molecule has 0 aliphatic carbocycles. The van der Waals surface area contributed by atoms with Crippen LogP contribution in [0.2, 0.25) is 5.02 Å².